The number of anilines is 1. The normalized spacial score (nSPS) is 12.7. The van der Waals surface area contributed by atoms with Gasteiger partial charge < -0.3 is 24.1 Å². The van der Waals surface area contributed by atoms with Gasteiger partial charge in [0.15, 0.2) is 11.5 Å². The van der Waals surface area contributed by atoms with Gasteiger partial charge in [0.25, 0.3) is 5.91 Å². The first kappa shape index (κ1) is 17.9. The SMILES string of the molecule is COc1cc2c(cc1C(=O)Nc1cnn(Cc3c(C)noc3C)c1)OCCO2. The van der Waals surface area contributed by atoms with Crippen LogP contribution in [0.25, 0.3) is 0 Å². The second kappa shape index (κ2) is 7.26. The second-order valence-corrected chi connectivity index (χ2v) is 6.38. The summed E-state index contributed by atoms with van der Waals surface area (Å²) in [5.41, 5.74) is 2.70. The molecule has 1 N–H and O–H groups in total. The molecule has 0 aliphatic carbocycles. The Kier molecular flexibility index (Phi) is 4.64. The van der Waals surface area contributed by atoms with E-state index in [1.54, 1.807) is 29.2 Å². The van der Waals surface area contributed by atoms with Crippen molar-refractivity contribution in [2.24, 2.45) is 0 Å². The lowest BCUT2D eigenvalue weighted by Gasteiger charge is -2.20. The number of nitrogens with one attached hydrogen (secondary N) is 1. The fourth-order valence-electron chi connectivity index (χ4n) is 3.02. The van der Waals surface area contributed by atoms with Gasteiger partial charge in [0, 0.05) is 23.9 Å². The van der Waals surface area contributed by atoms with Crippen LogP contribution in [0.4, 0.5) is 5.69 Å². The number of aromatic nitrogens is 3. The third kappa shape index (κ3) is 3.38. The molecule has 1 aromatic carbocycles. The number of carbonyl (C=O) groups is 1. The average Bonchev–Trinajstić information content (AvgIpc) is 3.28. The summed E-state index contributed by atoms with van der Waals surface area (Å²) in [6, 6.07) is 3.28. The van der Waals surface area contributed by atoms with Crippen LogP contribution >= 0.6 is 0 Å². The number of amides is 1. The molecule has 4 rings (SSSR count). The van der Waals surface area contributed by atoms with Crippen molar-refractivity contribution in [1.29, 1.82) is 0 Å². The third-order valence-electron chi connectivity index (χ3n) is 4.50. The molecule has 1 aliphatic heterocycles. The summed E-state index contributed by atoms with van der Waals surface area (Å²) in [6.07, 6.45) is 3.33. The Balaban J connectivity index is 1.52. The van der Waals surface area contributed by atoms with E-state index in [1.165, 1.54) is 7.11 Å². The van der Waals surface area contributed by atoms with Crippen LogP contribution in [0.1, 0.15) is 27.4 Å². The Labute approximate surface area is 161 Å². The molecule has 0 saturated heterocycles. The predicted octanol–water partition coefficient (Wildman–Crippen LogP) is 2.57. The zero-order chi connectivity index (χ0) is 19.7. The predicted molar refractivity (Wildman–Crippen MR) is 99.2 cm³/mol. The number of nitrogens with zero attached hydrogens (tertiary/aromatic N) is 3. The number of rotatable bonds is 5. The lowest BCUT2D eigenvalue weighted by Crippen LogP contribution is -2.18. The number of fused-ring (bicyclic) bond motifs is 1. The summed E-state index contributed by atoms with van der Waals surface area (Å²) in [6.45, 7) is 5.15. The van der Waals surface area contributed by atoms with Gasteiger partial charge in [-0.05, 0) is 13.8 Å². The maximum Gasteiger partial charge on any atom is 0.259 e. The maximum atomic E-state index is 12.8. The molecule has 9 nitrogen and oxygen atoms in total. The molecule has 0 fully saturated rings. The van der Waals surface area contributed by atoms with E-state index in [4.69, 9.17) is 18.7 Å². The molecule has 2 aromatic heterocycles. The summed E-state index contributed by atoms with van der Waals surface area (Å²) in [7, 11) is 1.50. The molecule has 1 aliphatic rings. The number of hydrogen-bond donors (Lipinski definition) is 1. The number of aryl methyl sites for hydroxylation is 2. The van der Waals surface area contributed by atoms with Gasteiger partial charge in [-0.25, -0.2) is 0 Å². The van der Waals surface area contributed by atoms with Gasteiger partial charge in [-0.2, -0.15) is 5.10 Å². The van der Waals surface area contributed by atoms with Crippen molar-refractivity contribution in [2.45, 2.75) is 20.4 Å². The summed E-state index contributed by atoms with van der Waals surface area (Å²) in [5, 5.41) is 11.1. The molecular formula is C19H20N4O5. The number of benzene rings is 1. The summed E-state index contributed by atoms with van der Waals surface area (Å²) >= 11 is 0. The van der Waals surface area contributed by atoms with E-state index in [0.717, 1.165) is 17.0 Å². The van der Waals surface area contributed by atoms with Crippen molar-refractivity contribution in [2.75, 3.05) is 25.6 Å². The van der Waals surface area contributed by atoms with Crippen LogP contribution in [0.5, 0.6) is 17.2 Å². The van der Waals surface area contributed by atoms with Crippen LogP contribution in [-0.4, -0.2) is 41.2 Å². The molecule has 3 heterocycles. The molecule has 0 saturated carbocycles. The largest absolute Gasteiger partial charge is 0.496 e. The van der Waals surface area contributed by atoms with E-state index < -0.39 is 0 Å². The van der Waals surface area contributed by atoms with Crippen LogP contribution in [-0.2, 0) is 6.54 Å². The average molecular weight is 384 g/mol. The van der Waals surface area contributed by atoms with Crippen LogP contribution in [0.3, 0.4) is 0 Å². The Bertz CT molecular complexity index is 1000. The van der Waals surface area contributed by atoms with Gasteiger partial charge in [0.05, 0.1) is 36.8 Å². The van der Waals surface area contributed by atoms with Crippen molar-refractivity contribution in [3.05, 3.63) is 47.1 Å². The highest BCUT2D eigenvalue weighted by molar-refractivity contribution is 6.06. The molecule has 0 spiro atoms. The highest BCUT2D eigenvalue weighted by Gasteiger charge is 2.21. The van der Waals surface area contributed by atoms with E-state index in [0.29, 0.717) is 48.3 Å². The molecule has 0 unspecified atom stereocenters. The molecular weight excluding hydrogens is 364 g/mol. The van der Waals surface area contributed by atoms with Gasteiger partial charge in [0.1, 0.15) is 24.7 Å². The van der Waals surface area contributed by atoms with E-state index in [-0.39, 0.29) is 5.91 Å². The smallest absolute Gasteiger partial charge is 0.259 e. The Morgan fingerprint density at radius 3 is 2.68 bits per heavy atom. The standard InChI is InChI=1S/C19H20N4O5/c1-11-15(12(2)28-22-11)10-23-9-13(8-20-23)21-19(24)14-6-17-18(7-16(14)25-3)27-5-4-26-17/h6-9H,4-5,10H2,1-3H3,(H,21,24). The van der Waals surface area contributed by atoms with Crippen LogP contribution in [0.15, 0.2) is 29.0 Å². The monoisotopic (exact) mass is 384 g/mol. The van der Waals surface area contributed by atoms with E-state index in [1.807, 2.05) is 13.8 Å². The summed E-state index contributed by atoms with van der Waals surface area (Å²) in [5.74, 6) is 1.91. The molecule has 28 heavy (non-hydrogen) atoms. The maximum absolute atomic E-state index is 12.8. The van der Waals surface area contributed by atoms with Gasteiger partial charge in [-0.3, -0.25) is 9.48 Å². The molecule has 9 heteroatoms. The third-order valence-corrected chi connectivity index (χ3v) is 4.50. The Morgan fingerprint density at radius 1 is 1.25 bits per heavy atom. The van der Waals surface area contributed by atoms with Crippen molar-refractivity contribution >= 4 is 11.6 Å². The van der Waals surface area contributed by atoms with Crippen LogP contribution < -0.4 is 19.5 Å². The summed E-state index contributed by atoms with van der Waals surface area (Å²) in [4.78, 5) is 12.8. The minimum absolute atomic E-state index is 0.328. The highest BCUT2D eigenvalue weighted by Crippen LogP contribution is 2.37. The number of ether oxygens (including phenoxy) is 3. The van der Waals surface area contributed by atoms with Crippen molar-refractivity contribution in [3.63, 3.8) is 0 Å². The first-order valence-electron chi connectivity index (χ1n) is 8.78. The Morgan fingerprint density at radius 2 is 2.00 bits per heavy atom. The number of carbonyl (C=O) groups excluding carboxylic acids is 1. The topological polar surface area (TPSA) is 101 Å². The van der Waals surface area contributed by atoms with Crippen molar-refractivity contribution in [1.82, 2.24) is 14.9 Å². The molecule has 3 aromatic rings. The Hall–Kier alpha value is -3.49. The van der Waals surface area contributed by atoms with Gasteiger partial charge in [0.2, 0.25) is 0 Å². The molecule has 0 atom stereocenters. The zero-order valence-corrected chi connectivity index (χ0v) is 15.8. The number of methoxy groups -OCH3 is 1. The van der Waals surface area contributed by atoms with Crippen LogP contribution in [0, 0.1) is 13.8 Å². The minimum Gasteiger partial charge on any atom is -0.496 e. The molecule has 0 radical (unpaired) electrons. The van der Waals surface area contributed by atoms with Gasteiger partial charge >= 0.3 is 0 Å². The fourth-order valence-corrected chi connectivity index (χ4v) is 3.02. The quantitative estimate of drug-likeness (QED) is 0.721. The molecule has 0 bridgehead atoms. The first-order valence-corrected chi connectivity index (χ1v) is 8.78. The fraction of sp³-hybridized carbons (Fsp3) is 0.316. The van der Waals surface area contributed by atoms with Crippen molar-refractivity contribution in [3.8, 4) is 17.2 Å². The van der Waals surface area contributed by atoms with Crippen molar-refractivity contribution < 1.29 is 23.5 Å². The second-order valence-electron chi connectivity index (χ2n) is 6.38. The lowest BCUT2D eigenvalue weighted by atomic mass is 10.1. The van der Waals surface area contributed by atoms with Gasteiger partial charge in [-0.1, -0.05) is 5.16 Å². The zero-order valence-electron chi connectivity index (χ0n) is 15.8. The van der Waals surface area contributed by atoms with E-state index in [2.05, 4.69) is 15.6 Å². The highest BCUT2D eigenvalue weighted by atomic mass is 16.6. The van der Waals surface area contributed by atoms with E-state index >= 15 is 0 Å². The first-order chi connectivity index (χ1) is 13.5. The van der Waals surface area contributed by atoms with Gasteiger partial charge in [-0.15, -0.1) is 0 Å². The minimum atomic E-state index is -0.328. The molecule has 146 valence electrons. The van der Waals surface area contributed by atoms with E-state index in [9.17, 15) is 4.79 Å². The summed E-state index contributed by atoms with van der Waals surface area (Å²) < 4.78 is 23.3. The molecule has 1 amide bonds. The van der Waals surface area contributed by atoms with Crippen LogP contribution in [0.2, 0.25) is 0 Å². The lowest BCUT2D eigenvalue weighted by molar-refractivity contribution is 0.102. The number of hydrogen-bond acceptors (Lipinski definition) is 7.